The Labute approximate surface area is 169 Å². The van der Waals surface area contributed by atoms with Crippen molar-refractivity contribution in [3.8, 4) is 0 Å². The number of amides is 2. The van der Waals surface area contributed by atoms with Crippen LogP contribution in [0.4, 0.5) is 11.4 Å². The minimum absolute atomic E-state index is 0.127. The fourth-order valence-corrected chi connectivity index (χ4v) is 3.29. The number of nitrogens with zero attached hydrogens (tertiary/aromatic N) is 3. The van der Waals surface area contributed by atoms with Gasteiger partial charge in [0.05, 0.1) is 18.1 Å². The summed E-state index contributed by atoms with van der Waals surface area (Å²) >= 11 is 0. The van der Waals surface area contributed by atoms with Crippen LogP contribution in [0.3, 0.4) is 0 Å². The first kappa shape index (κ1) is 18.7. The highest BCUT2D eigenvalue weighted by Gasteiger charge is 2.27. The van der Waals surface area contributed by atoms with E-state index in [2.05, 4.69) is 10.3 Å². The molecule has 3 heterocycles. The Morgan fingerprint density at radius 3 is 2.28 bits per heavy atom. The highest BCUT2D eigenvalue weighted by atomic mass is 16.3. The topological polar surface area (TPSA) is 78.7 Å². The first-order valence-corrected chi connectivity index (χ1v) is 9.52. The fraction of sp³-hybridized carbons (Fsp3) is 0.227. The van der Waals surface area contributed by atoms with Crippen LogP contribution in [-0.4, -0.2) is 52.8 Å². The molecule has 7 heteroatoms. The minimum Gasteiger partial charge on any atom is -0.459 e. The van der Waals surface area contributed by atoms with Gasteiger partial charge in [-0.1, -0.05) is 18.2 Å². The zero-order valence-corrected chi connectivity index (χ0v) is 16.2. The second-order valence-corrected chi connectivity index (χ2v) is 6.93. The van der Waals surface area contributed by atoms with Crippen LogP contribution >= 0.6 is 0 Å². The maximum atomic E-state index is 12.7. The Kier molecular flexibility index (Phi) is 5.29. The van der Waals surface area contributed by atoms with Crippen LogP contribution < -0.4 is 5.32 Å². The Bertz CT molecular complexity index is 991. The molecule has 2 amide bonds. The Balaban J connectivity index is 1.35. The number of piperazine rings is 1. The standard InChI is InChI=1S/C22H22N4O3/c1-16-5-2-3-6-18(16)24-17-8-9-19(23-15-17)21(27)25-10-12-26(13-11-25)22(28)20-7-4-14-29-20/h2-9,14-15,24H,10-13H2,1H3. The second kappa shape index (κ2) is 8.18. The van der Waals surface area contributed by atoms with Gasteiger partial charge in [0.15, 0.2) is 5.76 Å². The van der Waals surface area contributed by atoms with Crippen molar-refractivity contribution in [2.24, 2.45) is 0 Å². The van der Waals surface area contributed by atoms with E-state index >= 15 is 0 Å². The third kappa shape index (κ3) is 4.13. The van der Waals surface area contributed by atoms with Gasteiger partial charge in [-0.15, -0.1) is 0 Å². The molecular formula is C22H22N4O3. The minimum atomic E-state index is -0.146. The normalized spacial score (nSPS) is 14.0. The van der Waals surface area contributed by atoms with Gasteiger partial charge in [-0.05, 0) is 42.8 Å². The lowest BCUT2D eigenvalue weighted by Crippen LogP contribution is -2.50. The van der Waals surface area contributed by atoms with Crippen molar-refractivity contribution in [3.05, 3.63) is 78.0 Å². The molecule has 3 aromatic rings. The number of benzene rings is 1. The van der Waals surface area contributed by atoms with Gasteiger partial charge >= 0.3 is 0 Å². The van der Waals surface area contributed by atoms with E-state index in [0.717, 1.165) is 16.9 Å². The molecule has 7 nitrogen and oxygen atoms in total. The van der Waals surface area contributed by atoms with Crippen LogP contribution in [-0.2, 0) is 0 Å². The van der Waals surface area contributed by atoms with E-state index in [1.54, 1.807) is 34.2 Å². The Morgan fingerprint density at radius 2 is 1.66 bits per heavy atom. The van der Waals surface area contributed by atoms with Gasteiger partial charge in [-0.25, -0.2) is 4.98 Å². The van der Waals surface area contributed by atoms with E-state index in [-0.39, 0.29) is 11.8 Å². The highest BCUT2D eigenvalue weighted by molar-refractivity contribution is 5.94. The average Bonchev–Trinajstić information content (AvgIpc) is 3.30. The number of hydrogen-bond acceptors (Lipinski definition) is 5. The average molecular weight is 390 g/mol. The number of rotatable bonds is 4. The number of carbonyl (C=O) groups excluding carboxylic acids is 2. The Morgan fingerprint density at radius 1 is 0.931 bits per heavy atom. The van der Waals surface area contributed by atoms with E-state index in [1.807, 2.05) is 37.3 Å². The first-order valence-electron chi connectivity index (χ1n) is 9.52. The zero-order chi connectivity index (χ0) is 20.2. The molecule has 0 radical (unpaired) electrons. The van der Waals surface area contributed by atoms with Crippen molar-refractivity contribution in [2.75, 3.05) is 31.5 Å². The molecule has 1 N–H and O–H groups in total. The van der Waals surface area contributed by atoms with Crippen molar-refractivity contribution in [3.63, 3.8) is 0 Å². The Hall–Kier alpha value is -3.61. The third-order valence-corrected chi connectivity index (χ3v) is 4.99. The largest absolute Gasteiger partial charge is 0.459 e. The summed E-state index contributed by atoms with van der Waals surface area (Å²) < 4.78 is 5.17. The summed E-state index contributed by atoms with van der Waals surface area (Å²) in [4.78, 5) is 32.8. The monoisotopic (exact) mass is 390 g/mol. The van der Waals surface area contributed by atoms with Crippen LogP contribution in [0.15, 0.2) is 65.4 Å². The number of nitrogens with one attached hydrogen (secondary N) is 1. The molecule has 0 bridgehead atoms. The molecule has 0 saturated carbocycles. The predicted molar refractivity (Wildman–Crippen MR) is 109 cm³/mol. The van der Waals surface area contributed by atoms with E-state index in [1.165, 1.54) is 6.26 Å². The van der Waals surface area contributed by atoms with Crippen molar-refractivity contribution in [1.82, 2.24) is 14.8 Å². The summed E-state index contributed by atoms with van der Waals surface area (Å²) in [7, 11) is 0. The smallest absolute Gasteiger partial charge is 0.289 e. The third-order valence-electron chi connectivity index (χ3n) is 4.99. The van der Waals surface area contributed by atoms with Gasteiger partial charge in [0.25, 0.3) is 11.8 Å². The van der Waals surface area contributed by atoms with Crippen molar-refractivity contribution >= 4 is 23.2 Å². The van der Waals surface area contributed by atoms with Crippen LogP contribution in [0.1, 0.15) is 26.6 Å². The van der Waals surface area contributed by atoms with Crippen LogP contribution in [0.25, 0.3) is 0 Å². The predicted octanol–water partition coefficient (Wildman–Crippen LogP) is 3.32. The number of pyridine rings is 1. The van der Waals surface area contributed by atoms with Crippen molar-refractivity contribution < 1.29 is 14.0 Å². The number of para-hydroxylation sites is 1. The molecule has 0 spiro atoms. The molecule has 0 unspecified atom stereocenters. The van der Waals surface area contributed by atoms with Gasteiger partial charge < -0.3 is 19.5 Å². The lowest BCUT2D eigenvalue weighted by molar-refractivity contribution is 0.0515. The number of aromatic nitrogens is 1. The van der Waals surface area contributed by atoms with Gasteiger partial charge in [-0.2, -0.15) is 0 Å². The highest BCUT2D eigenvalue weighted by Crippen LogP contribution is 2.20. The zero-order valence-electron chi connectivity index (χ0n) is 16.2. The quantitative estimate of drug-likeness (QED) is 0.739. The molecule has 4 rings (SSSR count). The number of furan rings is 1. The SMILES string of the molecule is Cc1ccccc1Nc1ccc(C(=O)N2CCN(C(=O)c3ccco3)CC2)nc1. The summed E-state index contributed by atoms with van der Waals surface area (Å²) in [5.41, 5.74) is 3.36. The van der Waals surface area contributed by atoms with Crippen LogP contribution in [0.2, 0.25) is 0 Å². The molecule has 29 heavy (non-hydrogen) atoms. The molecular weight excluding hydrogens is 368 g/mol. The molecule has 0 atom stereocenters. The van der Waals surface area contributed by atoms with Crippen molar-refractivity contribution in [1.29, 1.82) is 0 Å². The number of aryl methyl sites for hydroxylation is 1. The van der Waals surface area contributed by atoms with E-state index in [0.29, 0.717) is 37.6 Å². The second-order valence-electron chi connectivity index (χ2n) is 6.93. The summed E-state index contributed by atoms with van der Waals surface area (Å²) in [6, 6.07) is 14.9. The summed E-state index contributed by atoms with van der Waals surface area (Å²) in [5.74, 6) is 0.0487. The summed E-state index contributed by atoms with van der Waals surface area (Å²) in [6.45, 7) is 3.91. The van der Waals surface area contributed by atoms with Gasteiger partial charge in [-0.3, -0.25) is 9.59 Å². The van der Waals surface area contributed by atoms with Gasteiger partial charge in [0, 0.05) is 31.9 Å². The molecule has 1 aromatic carbocycles. The molecule has 0 aliphatic carbocycles. The molecule has 1 aliphatic heterocycles. The van der Waals surface area contributed by atoms with E-state index < -0.39 is 0 Å². The van der Waals surface area contributed by atoms with Gasteiger partial charge in [0.1, 0.15) is 5.69 Å². The lowest BCUT2D eigenvalue weighted by atomic mass is 10.2. The molecule has 1 fully saturated rings. The van der Waals surface area contributed by atoms with E-state index in [9.17, 15) is 9.59 Å². The maximum Gasteiger partial charge on any atom is 0.289 e. The lowest BCUT2D eigenvalue weighted by Gasteiger charge is -2.34. The van der Waals surface area contributed by atoms with Crippen molar-refractivity contribution in [2.45, 2.75) is 6.92 Å². The molecule has 1 aliphatic rings. The number of anilines is 2. The molecule has 2 aromatic heterocycles. The molecule has 148 valence electrons. The fourth-order valence-electron chi connectivity index (χ4n) is 3.29. The first-order chi connectivity index (χ1) is 14.1. The van der Waals surface area contributed by atoms with Crippen LogP contribution in [0.5, 0.6) is 0 Å². The summed E-state index contributed by atoms with van der Waals surface area (Å²) in [6.07, 6.45) is 3.15. The number of hydrogen-bond donors (Lipinski definition) is 1. The number of carbonyl (C=O) groups is 2. The van der Waals surface area contributed by atoms with Crippen LogP contribution in [0, 0.1) is 6.92 Å². The van der Waals surface area contributed by atoms with Gasteiger partial charge in [0.2, 0.25) is 0 Å². The summed E-state index contributed by atoms with van der Waals surface area (Å²) in [5, 5.41) is 3.31. The van der Waals surface area contributed by atoms with E-state index in [4.69, 9.17) is 4.42 Å². The molecule has 1 saturated heterocycles. The maximum absolute atomic E-state index is 12.7.